The fraction of sp³-hybridized carbons (Fsp3) is 0.533. The number of aliphatic hydroxyl groups is 1. The molecule has 1 aromatic carbocycles. The van der Waals surface area contributed by atoms with Crippen molar-refractivity contribution < 1.29 is 18.3 Å². The molecular weight excluding hydrogens is 281 g/mol. The molecule has 0 aromatic heterocycles. The highest BCUT2D eigenvalue weighted by Gasteiger charge is 2.48. The second-order valence-corrected chi connectivity index (χ2v) is 5.47. The number of aryl methyl sites for hydroxylation is 1. The van der Waals surface area contributed by atoms with E-state index in [4.69, 9.17) is 6.57 Å². The molecule has 0 bridgehead atoms. The standard InChI is InChI=1S/C15H17F3N2O/c1-9-8-11(5-6-12(9)19-3)20-10(2)4-7-13(20)14(21)15(16,17)18/h5-6,8,10,13-14,21H,4,7H2,1-2H3/t10-,13-,14-/m1/s1. The summed E-state index contributed by atoms with van der Waals surface area (Å²) in [7, 11) is 0. The Hall–Kier alpha value is -1.74. The van der Waals surface area contributed by atoms with Gasteiger partial charge in [-0.05, 0) is 44.4 Å². The Morgan fingerprint density at radius 3 is 2.57 bits per heavy atom. The molecule has 1 fully saturated rings. The molecule has 6 heteroatoms. The van der Waals surface area contributed by atoms with Gasteiger partial charge in [-0.25, -0.2) is 4.85 Å². The van der Waals surface area contributed by atoms with Gasteiger partial charge in [-0.15, -0.1) is 0 Å². The van der Waals surface area contributed by atoms with Crippen molar-refractivity contribution in [2.75, 3.05) is 4.90 Å². The molecule has 1 saturated heterocycles. The van der Waals surface area contributed by atoms with Crippen LogP contribution in [0.2, 0.25) is 0 Å². The van der Waals surface area contributed by atoms with Crippen LogP contribution in [0.1, 0.15) is 25.3 Å². The maximum absolute atomic E-state index is 12.8. The lowest BCUT2D eigenvalue weighted by atomic mass is 10.1. The van der Waals surface area contributed by atoms with Gasteiger partial charge in [0.1, 0.15) is 0 Å². The van der Waals surface area contributed by atoms with Gasteiger partial charge < -0.3 is 10.0 Å². The number of nitrogens with zero attached hydrogens (tertiary/aromatic N) is 2. The summed E-state index contributed by atoms with van der Waals surface area (Å²) in [5.74, 6) is 0. The van der Waals surface area contributed by atoms with Gasteiger partial charge in [-0.1, -0.05) is 6.07 Å². The van der Waals surface area contributed by atoms with Gasteiger partial charge >= 0.3 is 6.18 Å². The number of anilines is 1. The van der Waals surface area contributed by atoms with E-state index in [2.05, 4.69) is 4.85 Å². The summed E-state index contributed by atoms with van der Waals surface area (Å²) in [4.78, 5) is 4.98. The Bertz CT molecular complexity index is 565. The van der Waals surface area contributed by atoms with E-state index in [1.807, 2.05) is 6.92 Å². The van der Waals surface area contributed by atoms with Crippen LogP contribution in [-0.4, -0.2) is 29.5 Å². The molecule has 1 aromatic rings. The van der Waals surface area contributed by atoms with Crippen molar-refractivity contribution in [2.24, 2.45) is 0 Å². The first-order chi connectivity index (χ1) is 9.75. The second-order valence-electron chi connectivity index (χ2n) is 5.47. The third-order valence-corrected chi connectivity index (χ3v) is 4.01. The quantitative estimate of drug-likeness (QED) is 0.840. The molecule has 3 atom stereocenters. The van der Waals surface area contributed by atoms with Crippen molar-refractivity contribution in [1.82, 2.24) is 0 Å². The Morgan fingerprint density at radius 1 is 1.38 bits per heavy atom. The molecule has 0 spiro atoms. The van der Waals surface area contributed by atoms with Crippen molar-refractivity contribution in [1.29, 1.82) is 0 Å². The summed E-state index contributed by atoms with van der Waals surface area (Å²) in [6.07, 6.45) is -6.09. The minimum absolute atomic E-state index is 0.0785. The average Bonchev–Trinajstić information content (AvgIpc) is 2.78. The lowest BCUT2D eigenvalue weighted by Crippen LogP contribution is -2.48. The Labute approximate surface area is 121 Å². The highest BCUT2D eigenvalue weighted by Crippen LogP contribution is 2.38. The molecule has 2 rings (SSSR count). The zero-order valence-electron chi connectivity index (χ0n) is 11.9. The number of hydrogen-bond donors (Lipinski definition) is 1. The minimum atomic E-state index is -4.63. The maximum Gasteiger partial charge on any atom is 0.416 e. The van der Waals surface area contributed by atoms with Gasteiger partial charge in [0, 0.05) is 11.7 Å². The monoisotopic (exact) mass is 298 g/mol. The van der Waals surface area contributed by atoms with E-state index in [-0.39, 0.29) is 6.04 Å². The predicted molar refractivity (Wildman–Crippen MR) is 74.5 cm³/mol. The Balaban J connectivity index is 2.35. The molecule has 1 N–H and O–H groups in total. The van der Waals surface area contributed by atoms with E-state index in [1.54, 1.807) is 30.0 Å². The first-order valence-corrected chi connectivity index (χ1v) is 6.77. The lowest BCUT2D eigenvalue weighted by Gasteiger charge is -2.34. The molecule has 0 amide bonds. The van der Waals surface area contributed by atoms with E-state index in [1.165, 1.54) is 0 Å². The van der Waals surface area contributed by atoms with Gasteiger partial charge in [0.05, 0.1) is 12.6 Å². The molecule has 1 aliphatic heterocycles. The van der Waals surface area contributed by atoms with Crippen LogP contribution in [0, 0.1) is 13.5 Å². The van der Waals surface area contributed by atoms with E-state index in [0.29, 0.717) is 24.2 Å². The third-order valence-electron chi connectivity index (χ3n) is 4.01. The van der Waals surface area contributed by atoms with E-state index < -0.39 is 18.3 Å². The first kappa shape index (κ1) is 15.6. The molecule has 0 aliphatic carbocycles. The fourth-order valence-corrected chi connectivity index (χ4v) is 2.92. The Morgan fingerprint density at radius 2 is 2.05 bits per heavy atom. The van der Waals surface area contributed by atoms with E-state index in [9.17, 15) is 18.3 Å². The summed E-state index contributed by atoms with van der Waals surface area (Å²) in [5, 5.41) is 9.59. The molecule has 114 valence electrons. The second kappa shape index (κ2) is 5.57. The number of aliphatic hydroxyl groups excluding tert-OH is 1. The van der Waals surface area contributed by atoms with Crippen LogP contribution in [0.5, 0.6) is 0 Å². The van der Waals surface area contributed by atoms with Gasteiger partial charge in [0.15, 0.2) is 11.8 Å². The van der Waals surface area contributed by atoms with Crippen LogP contribution in [0.25, 0.3) is 4.85 Å². The van der Waals surface area contributed by atoms with Crippen LogP contribution in [0.4, 0.5) is 24.5 Å². The van der Waals surface area contributed by atoms with Crippen molar-refractivity contribution in [3.8, 4) is 0 Å². The van der Waals surface area contributed by atoms with Crippen LogP contribution >= 0.6 is 0 Å². The van der Waals surface area contributed by atoms with Gasteiger partial charge in [0.2, 0.25) is 0 Å². The third kappa shape index (κ3) is 2.98. The molecule has 1 heterocycles. The molecule has 0 radical (unpaired) electrons. The van der Waals surface area contributed by atoms with E-state index in [0.717, 1.165) is 5.56 Å². The predicted octanol–water partition coefficient (Wildman–Crippen LogP) is 3.83. The van der Waals surface area contributed by atoms with Crippen molar-refractivity contribution in [2.45, 2.75) is 51.1 Å². The normalized spacial score (nSPS) is 24.0. The molecule has 0 unspecified atom stereocenters. The van der Waals surface area contributed by atoms with Gasteiger partial charge in [-0.3, -0.25) is 0 Å². The largest absolute Gasteiger partial charge is 0.416 e. The Kier molecular flexibility index (Phi) is 4.15. The number of halogens is 3. The van der Waals surface area contributed by atoms with Crippen LogP contribution in [-0.2, 0) is 0 Å². The van der Waals surface area contributed by atoms with Crippen LogP contribution in [0.3, 0.4) is 0 Å². The van der Waals surface area contributed by atoms with E-state index >= 15 is 0 Å². The molecule has 21 heavy (non-hydrogen) atoms. The zero-order chi connectivity index (χ0) is 15.8. The molecule has 0 saturated carbocycles. The zero-order valence-corrected chi connectivity index (χ0v) is 11.9. The number of hydrogen-bond acceptors (Lipinski definition) is 2. The SMILES string of the molecule is [C-]#[N+]c1ccc(N2[C@H](C)CC[C@@H]2[C@@H](O)C(F)(F)F)cc1C. The van der Waals surface area contributed by atoms with Crippen LogP contribution < -0.4 is 4.90 Å². The van der Waals surface area contributed by atoms with Crippen molar-refractivity contribution >= 4 is 11.4 Å². The molecule has 1 aliphatic rings. The summed E-state index contributed by atoms with van der Waals surface area (Å²) < 4.78 is 38.4. The highest BCUT2D eigenvalue weighted by atomic mass is 19.4. The maximum atomic E-state index is 12.8. The summed E-state index contributed by atoms with van der Waals surface area (Å²) in [6.45, 7) is 10.6. The lowest BCUT2D eigenvalue weighted by molar-refractivity contribution is -0.209. The number of rotatable bonds is 2. The average molecular weight is 298 g/mol. The number of alkyl halides is 3. The molecule has 3 nitrogen and oxygen atoms in total. The topological polar surface area (TPSA) is 27.8 Å². The summed E-state index contributed by atoms with van der Waals surface area (Å²) in [6, 6.07) is 3.92. The summed E-state index contributed by atoms with van der Waals surface area (Å²) in [5.41, 5.74) is 1.83. The fourth-order valence-electron chi connectivity index (χ4n) is 2.92. The molecular formula is C15H17F3N2O. The first-order valence-electron chi connectivity index (χ1n) is 6.77. The number of benzene rings is 1. The van der Waals surface area contributed by atoms with Crippen molar-refractivity contribution in [3.63, 3.8) is 0 Å². The van der Waals surface area contributed by atoms with Crippen molar-refractivity contribution in [3.05, 3.63) is 35.2 Å². The van der Waals surface area contributed by atoms with Gasteiger partial charge in [-0.2, -0.15) is 13.2 Å². The van der Waals surface area contributed by atoms with Crippen LogP contribution in [0.15, 0.2) is 18.2 Å². The minimum Gasteiger partial charge on any atom is -0.382 e. The highest BCUT2D eigenvalue weighted by molar-refractivity contribution is 5.62. The van der Waals surface area contributed by atoms with Gasteiger partial charge in [0.25, 0.3) is 0 Å². The summed E-state index contributed by atoms with van der Waals surface area (Å²) >= 11 is 0. The smallest absolute Gasteiger partial charge is 0.382 e.